The summed E-state index contributed by atoms with van der Waals surface area (Å²) in [6, 6.07) is 8.20. The van der Waals surface area contributed by atoms with Gasteiger partial charge in [0.15, 0.2) is 0 Å². The van der Waals surface area contributed by atoms with E-state index in [1.165, 1.54) is 24.0 Å². The number of carbonyl (C=O) groups is 1. The number of rotatable bonds is 5. The van der Waals surface area contributed by atoms with Crippen LogP contribution in [0.15, 0.2) is 36.7 Å². The van der Waals surface area contributed by atoms with Crippen molar-refractivity contribution in [2.24, 2.45) is 5.92 Å². The molecule has 2 aliphatic heterocycles. The molecule has 7 heteroatoms. The molecule has 7 nitrogen and oxygen atoms in total. The van der Waals surface area contributed by atoms with Gasteiger partial charge in [0.1, 0.15) is 11.6 Å². The number of carbonyl (C=O) groups excluding carboxylic acids is 1. The predicted octanol–water partition coefficient (Wildman–Crippen LogP) is 2.36. The lowest BCUT2D eigenvalue weighted by Gasteiger charge is -2.62. The summed E-state index contributed by atoms with van der Waals surface area (Å²) < 4.78 is 5.60. The summed E-state index contributed by atoms with van der Waals surface area (Å²) in [7, 11) is 1.69. The maximum Gasteiger partial charge on any atom is 0.230 e. The van der Waals surface area contributed by atoms with Crippen LogP contribution in [0.2, 0.25) is 0 Å². The standard InChI is InChI=1S/C27H34N4O3/c1-34-21-7-6-20-14-23-27(33)8-2-12-31(25(32)16-24-28-10-3-11-29-24)18-26(27,22(20)15-21)9-13-30(23)17-19-4-5-19/h3,6-7,10-11,15,19,23,33H,2,4-5,8-9,12-14,16-18H2,1H3/t23-,26-,27-/m1/s1. The summed E-state index contributed by atoms with van der Waals surface area (Å²) >= 11 is 0. The Labute approximate surface area is 201 Å². The minimum absolute atomic E-state index is 0.0387. The molecule has 3 fully saturated rings. The van der Waals surface area contributed by atoms with Crippen molar-refractivity contribution < 1.29 is 14.6 Å². The third kappa shape index (κ3) is 3.52. The molecule has 2 saturated heterocycles. The van der Waals surface area contributed by atoms with Gasteiger partial charge in [-0.3, -0.25) is 9.69 Å². The first-order valence-electron chi connectivity index (χ1n) is 12.7. The first-order valence-corrected chi connectivity index (χ1v) is 12.7. The van der Waals surface area contributed by atoms with Gasteiger partial charge in [-0.2, -0.15) is 0 Å². The van der Waals surface area contributed by atoms with Crippen LogP contribution in [0.5, 0.6) is 5.75 Å². The van der Waals surface area contributed by atoms with Crippen molar-refractivity contribution in [3.63, 3.8) is 0 Å². The Balaban J connectivity index is 1.39. The second-order valence-electron chi connectivity index (χ2n) is 10.7. The molecule has 1 saturated carbocycles. The number of piperidine rings is 1. The van der Waals surface area contributed by atoms with E-state index < -0.39 is 11.0 Å². The molecule has 180 valence electrons. The molecular formula is C27H34N4O3. The van der Waals surface area contributed by atoms with Crippen LogP contribution in [-0.4, -0.2) is 75.7 Å². The number of aromatic nitrogens is 2. The number of ether oxygens (including phenoxy) is 1. The first kappa shape index (κ1) is 22.0. The van der Waals surface area contributed by atoms with Crippen LogP contribution in [-0.2, 0) is 23.1 Å². The van der Waals surface area contributed by atoms with E-state index in [0.29, 0.717) is 25.3 Å². The highest BCUT2D eigenvalue weighted by molar-refractivity contribution is 5.78. The second-order valence-corrected chi connectivity index (χ2v) is 10.7. The average Bonchev–Trinajstić information content (AvgIpc) is 3.67. The maximum absolute atomic E-state index is 13.4. The number of benzene rings is 1. The van der Waals surface area contributed by atoms with Crippen molar-refractivity contribution in [2.75, 3.05) is 33.3 Å². The van der Waals surface area contributed by atoms with Crippen LogP contribution in [0, 0.1) is 5.92 Å². The molecule has 1 aromatic heterocycles. The molecule has 2 aliphatic carbocycles. The number of aliphatic hydroxyl groups is 1. The van der Waals surface area contributed by atoms with Crippen LogP contribution in [0.4, 0.5) is 0 Å². The van der Waals surface area contributed by atoms with Crippen molar-refractivity contribution in [2.45, 2.75) is 62.0 Å². The molecule has 2 bridgehead atoms. The Morgan fingerprint density at radius 3 is 2.79 bits per heavy atom. The van der Waals surface area contributed by atoms with E-state index in [4.69, 9.17) is 4.74 Å². The Bertz CT molecular complexity index is 1070. The van der Waals surface area contributed by atoms with E-state index in [-0.39, 0.29) is 18.4 Å². The van der Waals surface area contributed by atoms with Gasteiger partial charge in [0.25, 0.3) is 0 Å². The summed E-state index contributed by atoms with van der Waals surface area (Å²) in [4.78, 5) is 26.5. The van der Waals surface area contributed by atoms with Crippen LogP contribution < -0.4 is 4.74 Å². The largest absolute Gasteiger partial charge is 0.497 e. The van der Waals surface area contributed by atoms with Crippen LogP contribution in [0.25, 0.3) is 0 Å². The highest BCUT2D eigenvalue weighted by Crippen LogP contribution is 2.55. The molecule has 34 heavy (non-hydrogen) atoms. The maximum atomic E-state index is 13.4. The fourth-order valence-electron chi connectivity index (χ4n) is 6.89. The van der Waals surface area contributed by atoms with E-state index in [1.54, 1.807) is 25.6 Å². The van der Waals surface area contributed by atoms with Crippen molar-refractivity contribution in [3.05, 3.63) is 53.6 Å². The fraction of sp³-hybridized carbons (Fsp3) is 0.593. The van der Waals surface area contributed by atoms with E-state index in [2.05, 4.69) is 27.0 Å². The quantitative estimate of drug-likeness (QED) is 0.735. The van der Waals surface area contributed by atoms with Crippen LogP contribution in [0.3, 0.4) is 0 Å². The van der Waals surface area contributed by atoms with Gasteiger partial charge in [0.2, 0.25) is 5.91 Å². The molecule has 1 N–H and O–H groups in total. The van der Waals surface area contributed by atoms with Gasteiger partial charge < -0.3 is 14.7 Å². The van der Waals surface area contributed by atoms with Crippen molar-refractivity contribution in [1.82, 2.24) is 19.8 Å². The van der Waals surface area contributed by atoms with E-state index in [1.807, 2.05) is 11.0 Å². The lowest BCUT2D eigenvalue weighted by molar-refractivity contribution is -0.155. The monoisotopic (exact) mass is 462 g/mol. The van der Waals surface area contributed by atoms with Crippen molar-refractivity contribution in [1.29, 1.82) is 0 Å². The lowest BCUT2D eigenvalue weighted by atomic mass is 9.53. The van der Waals surface area contributed by atoms with Gasteiger partial charge in [-0.1, -0.05) is 6.07 Å². The summed E-state index contributed by atoms with van der Waals surface area (Å²) in [5.41, 5.74) is 1.10. The number of nitrogens with zero attached hydrogens (tertiary/aromatic N) is 4. The zero-order valence-electron chi connectivity index (χ0n) is 19.9. The van der Waals surface area contributed by atoms with Gasteiger partial charge in [-0.05, 0) is 80.3 Å². The normalized spacial score (nSPS) is 30.8. The molecule has 3 heterocycles. The van der Waals surface area contributed by atoms with E-state index >= 15 is 0 Å². The van der Waals surface area contributed by atoms with Crippen LogP contribution >= 0.6 is 0 Å². The Morgan fingerprint density at radius 2 is 2.03 bits per heavy atom. The highest BCUT2D eigenvalue weighted by Gasteiger charge is 2.64. The number of amides is 1. The topological polar surface area (TPSA) is 78.8 Å². The smallest absolute Gasteiger partial charge is 0.230 e. The van der Waals surface area contributed by atoms with Gasteiger partial charge in [0, 0.05) is 43.5 Å². The zero-order valence-corrected chi connectivity index (χ0v) is 19.9. The number of likely N-dealkylation sites (tertiary alicyclic amines) is 2. The van der Waals surface area contributed by atoms with Crippen molar-refractivity contribution in [3.8, 4) is 5.75 Å². The number of hydrogen-bond donors (Lipinski definition) is 1. The number of fused-ring (bicyclic) bond motifs is 1. The minimum Gasteiger partial charge on any atom is -0.497 e. The van der Waals surface area contributed by atoms with Crippen molar-refractivity contribution >= 4 is 5.91 Å². The summed E-state index contributed by atoms with van der Waals surface area (Å²) in [5.74, 6) is 2.18. The average molecular weight is 463 g/mol. The van der Waals surface area contributed by atoms with Gasteiger partial charge >= 0.3 is 0 Å². The molecule has 6 rings (SSSR count). The third-order valence-corrected chi connectivity index (χ3v) is 8.81. The Morgan fingerprint density at radius 1 is 1.21 bits per heavy atom. The molecule has 1 amide bonds. The van der Waals surface area contributed by atoms with Gasteiger partial charge in [0.05, 0.1) is 19.1 Å². The van der Waals surface area contributed by atoms with E-state index in [0.717, 1.165) is 44.0 Å². The summed E-state index contributed by atoms with van der Waals surface area (Å²) in [6.45, 7) is 3.24. The summed E-state index contributed by atoms with van der Waals surface area (Å²) in [5, 5.41) is 12.6. The molecule has 0 unspecified atom stereocenters. The third-order valence-electron chi connectivity index (χ3n) is 8.81. The number of hydrogen-bond acceptors (Lipinski definition) is 6. The lowest BCUT2D eigenvalue weighted by Crippen LogP contribution is -2.73. The second kappa shape index (κ2) is 8.31. The predicted molar refractivity (Wildman–Crippen MR) is 128 cm³/mol. The molecule has 0 spiro atoms. The Hall–Kier alpha value is -2.51. The fourth-order valence-corrected chi connectivity index (χ4v) is 6.89. The van der Waals surface area contributed by atoms with Crippen LogP contribution in [0.1, 0.15) is 49.1 Å². The first-order chi connectivity index (χ1) is 16.5. The SMILES string of the molecule is COc1ccc2c(c1)[C@]13CCN(CC4CC4)[C@H](C2)[C@]1(O)CCCN(C(=O)Cc1ncccn1)C3. The number of methoxy groups -OCH3 is 1. The molecule has 1 aromatic carbocycles. The minimum atomic E-state index is -0.863. The highest BCUT2D eigenvalue weighted by atomic mass is 16.5. The molecule has 2 aromatic rings. The molecular weight excluding hydrogens is 428 g/mol. The molecule has 3 atom stereocenters. The van der Waals surface area contributed by atoms with Gasteiger partial charge in [-0.15, -0.1) is 0 Å². The zero-order chi connectivity index (χ0) is 23.3. The summed E-state index contributed by atoms with van der Waals surface area (Å²) in [6.07, 6.45) is 9.38. The van der Waals surface area contributed by atoms with Gasteiger partial charge in [-0.25, -0.2) is 9.97 Å². The molecule has 0 radical (unpaired) electrons. The molecule has 4 aliphatic rings. The van der Waals surface area contributed by atoms with E-state index in [9.17, 15) is 9.90 Å². The Kier molecular flexibility index (Phi) is 5.37.